The van der Waals surface area contributed by atoms with Crippen LogP contribution in [0.3, 0.4) is 0 Å². The van der Waals surface area contributed by atoms with Crippen LogP contribution in [0.2, 0.25) is 0 Å². The molecule has 0 atom stereocenters. The van der Waals surface area contributed by atoms with E-state index in [4.69, 9.17) is 4.74 Å². The largest absolute Gasteiger partial charge is 0.383 e. The fraction of sp³-hybridized carbons (Fsp3) is 1.00. The number of hydrogen-bond donors (Lipinski definition) is 1. The van der Waals surface area contributed by atoms with Gasteiger partial charge in [-0.2, -0.15) is 0 Å². The molecule has 1 aliphatic rings. The standard InChI is InChI=1S/C17H35NO/c1-4-6-7-16-8-11-17(10-5-2,12-9-16)15-18-13-14-19-3/h16,18H,4-15H2,1-3H3. The number of methoxy groups -OCH3 is 1. The number of ether oxygens (including phenoxy) is 1. The number of rotatable bonds is 10. The second-order valence-electron chi connectivity index (χ2n) is 6.51. The lowest BCUT2D eigenvalue weighted by molar-refractivity contribution is 0.121. The van der Waals surface area contributed by atoms with Gasteiger partial charge in [0.2, 0.25) is 0 Å². The van der Waals surface area contributed by atoms with Crippen LogP contribution in [0, 0.1) is 11.3 Å². The molecule has 19 heavy (non-hydrogen) atoms. The lowest BCUT2D eigenvalue weighted by Crippen LogP contribution is -2.38. The summed E-state index contributed by atoms with van der Waals surface area (Å²) in [7, 11) is 1.78. The molecular formula is C17H35NO. The van der Waals surface area contributed by atoms with Gasteiger partial charge < -0.3 is 10.1 Å². The summed E-state index contributed by atoms with van der Waals surface area (Å²) in [6.07, 6.45) is 12.8. The van der Waals surface area contributed by atoms with E-state index in [2.05, 4.69) is 19.2 Å². The van der Waals surface area contributed by atoms with Crippen LogP contribution in [-0.4, -0.2) is 26.8 Å². The molecule has 1 rings (SSSR count). The second kappa shape index (κ2) is 9.77. The van der Waals surface area contributed by atoms with Crippen molar-refractivity contribution in [3.63, 3.8) is 0 Å². The molecule has 0 aromatic rings. The van der Waals surface area contributed by atoms with Crippen molar-refractivity contribution in [3.05, 3.63) is 0 Å². The van der Waals surface area contributed by atoms with E-state index in [0.29, 0.717) is 5.41 Å². The van der Waals surface area contributed by atoms with Gasteiger partial charge in [0.05, 0.1) is 6.61 Å². The Morgan fingerprint density at radius 2 is 1.89 bits per heavy atom. The average molecular weight is 269 g/mol. The third-order valence-corrected chi connectivity index (χ3v) is 4.90. The molecule has 0 saturated heterocycles. The Bertz CT molecular complexity index is 209. The molecule has 0 aromatic heterocycles. The van der Waals surface area contributed by atoms with Crippen LogP contribution in [0.4, 0.5) is 0 Å². The molecule has 2 nitrogen and oxygen atoms in total. The predicted octanol–water partition coefficient (Wildman–Crippen LogP) is 4.39. The van der Waals surface area contributed by atoms with Crippen LogP contribution in [0.25, 0.3) is 0 Å². The molecule has 1 fully saturated rings. The van der Waals surface area contributed by atoms with E-state index in [0.717, 1.165) is 19.1 Å². The van der Waals surface area contributed by atoms with Gasteiger partial charge in [0.1, 0.15) is 0 Å². The molecule has 2 heteroatoms. The fourth-order valence-corrected chi connectivity index (χ4v) is 3.64. The van der Waals surface area contributed by atoms with Gasteiger partial charge in [0.15, 0.2) is 0 Å². The molecular weight excluding hydrogens is 234 g/mol. The smallest absolute Gasteiger partial charge is 0.0587 e. The fourth-order valence-electron chi connectivity index (χ4n) is 3.64. The third kappa shape index (κ3) is 6.27. The number of hydrogen-bond acceptors (Lipinski definition) is 2. The summed E-state index contributed by atoms with van der Waals surface area (Å²) in [5.74, 6) is 1.02. The summed E-state index contributed by atoms with van der Waals surface area (Å²) in [6.45, 7) is 7.68. The Morgan fingerprint density at radius 1 is 1.16 bits per heavy atom. The van der Waals surface area contributed by atoms with Gasteiger partial charge in [-0.05, 0) is 43.4 Å². The zero-order valence-corrected chi connectivity index (χ0v) is 13.5. The first-order valence-corrected chi connectivity index (χ1v) is 8.46. The van der Waals surface area contributed by atoms with Gasteiger partial charge in [-0.25, -0.2) is 0 Å². The molecule has 0 heterocycles. The minimum atomic E-state index is 0.588. The van der Waals surface area contributed by atoms with Crippen molar-refractivity contribution in [2.75, 3.05) is 26.8 Å². The van der Waals surface area contributed by atoms with Gasteiger partial charge in [0, 0.05) is 20.2 Å². The maximum atomic E-state index is 5.12. The van der Waals surface area contributed by atoms with Crippen LogP contribution in [0.5, 0.6) is 0 Å². The quantitative estimate of drug-likeness (QED) is 0.594. The van der Waals surface area contributed by atoms with Crippen LogP contribution in [0.15, 0.2) is 0 Å². The van der Waals surface area contributed by atoms with Crippen LogP contribution in [0.1, 0.15) is 71.6 Å². The minimum absolute atomic E-state index is 0.588. The highest BCUT2D eigenvalue weighted by Crippen LogP contribution is 2.43. The zero-order valence-electron chi connectivity index (χ0n) is 13.5. The highest BCUT2D eigenvalue weighted by Gasteiger charge is 2.33. The van der Waals surface area contributed by atoms with Crippen molar-refractivity contribution < 1.29 is 4.74 Å². The normalized spacial score (nSPS) is 27.6. The van der Waals surface area contributed by atoms with Crippen LogP contribution >= 0.6 is 0 Å². The molecule has 0 bridgehead atoms. The highest BCUT2D eigenvalue weighted by atomic mass is 16.5. The highest BCUT2D eigenvalue weighted by molar-refractivity contribution is 4.87. The monoisotopic (exact) mass is 269 g/mol. The molecule has 1 saturated carbocycles. The average Bonchev–Trinajstić information content (AvgIpc) is 2.44. The molecule has 0 unspecified atom stereocenters. The Balaban J connectivity index is 2.33. The Labute approximate surface area is 120 Å². The maximum Gasteiger partial charge on any atom is 0.0587 e. The minimum Gasteiger partial charge on any atom is -0.383 e. The summed E-state index contributed by atoms with van der Waals surface area (Å²) in [4.78, 5) is 0. The summed E-state index contributed by atoms with van der Waals surface area (Å²) in [6, 6.07) is 0. The van der Waals surface area contributed by atoms with Gasteiger partial charge in [0.25, 0.3) is 0 Å². The first-order chi connectivity index (χ1) is 9.26. The lowest BCUT2D eigenvalue weighted by atomic mass is 9.67. The van der Waals surface area contributed by atoms with Gasteiger partial charge in [-0.3, -0.25) is 0 Å². The van der Waals surface area contributed by atoms with E-state index in [1.54, 1.807) is 7.11 Å². The number of nitrogens with one attached hydrogen (secondary N) is 1. The first-order valence-electron chi connectivity index (χ1n) is 8.46. The van der Waals surface area contributed by atoms with E-state index in [-0.39, 0.29) is 0 Å². The molecule has 1 aliphatic carbocycles. The maximum absolute atomic E-state index is 5.12. The van der Waals surface area contributed by atoms with Crippen LogP contribution < -0.4 is 5.32 Å². The van der Waals surface area contributed by atoms with E-state index < -0.39 is 0 Å². The summed E-state index contributed by atoms with van der Waals surface area (Å²) >= 11 is 0. The van der Waals surface area contributed by atoms with Gasteiger partial charge in [-0.15, -0.1) is 0 Å². The van der Waals surface area contributed by atoms with Crippen molar-refractivity contribution in [2.24, 2.45) is 11.3 Å². The van der Waals surface area contributed by atoms with E-state index in [1.165, 1.54) is 64.3 Å². The zero-order chi connectivity index (χ0) is 14.0. The topological polar surface area (TPSA) is 21.3 Å². The molecule has 1 N–H and O–H groups in total. The molecule has 0 aromatic carbocycles. The Morgan fingerprint density at radius 3 is 2.47 bits per heavy atom. The van der Waals surface area contributed by atoms with E-state index >= 15 is 0 Å². The van der Waals surface area contributed by atoms with Crippen molar-refractivity contribution in [1.82, 2.24) is 5.32 Å². The summed E-state index contributed by atoms with van der Waals surface area (Å²) in [5, 5.41) is 3.61. The van der Waals surface area contributed by atoms with Crippen molar-refractivity contribution in [1.29, 1.82) is 0 Å². The molecule has 0 radical (unpaired) electrons. The van der Waals surface area contributed by atoms with Gasteiger partial charge >= 0.3 is 0 Å². The van der Waals surface area contributed by atoms with Crippen LogP contribution in [-0.2, 0) is 4.74 Å². The molecule has 0 spiro atoms. The third-order valence-electron chi connectivity index (χ3n) is 4.90. The predicted molar refractivity (Wildman–Crippen MR) is 83.6 cm³/mol. The Kier molecular flexibility index (Phi) is 8.72. The van der Waals surface area contributed by atoms with Crippen molar-refractivity contribution >= 4 is 0 Å². The summed E-state index contributed by atoms with van der Waals surface area (Å²) in [5.41, 5.74) is 0.588. The lowest BCUT2D eigenvalue weighted by Gasteiger charge is -2.41. The van der Waals surface area contributed by atoms with E-state index in [9.17, 15) is 0 Å². The van der Waals surface area contributed by atoms with Crippen molar-refractivity contribution in [3.8, 4) is 0 Å². The SMILES string of the molecule is CCCCC1CCC(CCC)(CNCCOC)CC1. The van der Waals surface area contributed by atoms with Crippen molar-refractivity contribution in [2.45, 2.75) is 71.6 Å². The Hall–Kier alpha value is -0.0800. The summed E-state index contributed by atoms with van der Waals surface area (Å²) < 4.78 is 5.12. The number of unbranched alkanes of at least 4 members (excludes halogenated alkanes) is 1. The second-order valence-corrected chi connectivity index (χ2v) is 6.51. The molecule has 114 valence electrons. The molecule has 0 aliphatic heterocycles. The first kappa shape index (κ1) is 17.0. The van der Waals surface area contributed by atoms with Gasteiger partial charge in [-0.1, -0.05) is 39.5 Å². The van der Waals surface area contributed by atoms with E-state index in [1.807, 2.05) is 0 Å². The molecule has 0 amide bonds.